The monoisotopic (exact) mass is 188 g/mol. The van der Waals surface area contributed by atoms with Gasteiger partial charge in [0.2, 0.25) is 0 Å². The quantitative estimate of drug-likeness (QED) is 0.259. The van der Waals surface area contributed by atoms with Gasteiger partial charge in [0, 0.05) is 19.1 Å². The van der Waals surface area contributed by atoms with Crippen LogP contribution in [0.2, 0.25) is 0 Å². The molecule has 0 amide bonds. The molecule has 1 aliphatic rings. The SMILES string of the molecule is NC(=N[N+](=O)[O-])NCC1CCOC1. The molecule has 7 nitrogen and oxygen atoms in total. The van der Waals surface area contributed by atoms with Gasteiger partial charge in [0.05, 0.1) is 6.61 Å². The topological polar surface area (TPSA) is 103 Å². The number of hydrazone groups is 1. The highest BCUT2D eigenvalue weighted by molar-refractivity contribution is 5.76. The molecule has 0 aromatic heterocycles. The lowest BCUT2D eigenvalue weighted by Gasteiger charge is -2.07. The fourth-order valence-electron chi connectivity index (χ4n) is 1.12. The van der Waals surface area contributed by atoms with Gasteiger partial charge in [0.1, 0.15) is 5.10 Å². The van der Waals surface area contributed by atoms with Gasteiger partial charge in [-0.2, -0.15) is 0 Å². The second kappa shape index (κ2) is 4.61. The van der Waals surface area contributed by atoms with Crippen LogP contribution >= 0.6 is 0 Å². The highest BCUT2D eigenvalue weighted by atomic mass is 16.7. The van der Waals surface area contributed by atoms with Crippen LogP contribution in [0.1, 0.15) is 6.42 Å². The van der Waals surface area contributed by atoms with Crippen LogP contribution in [0.25, 0.3) is 0 Å². The lowest BCUT2D eigenvalue weighted by molar-refractivity contribution is -0.485. The maximum absolute atomic E-state index is 9.88. The highest BCUT2D eigenvalue weighted by Gasteiger charge is 2.15. The van der Waals surface area contributed by atoms with E-state index < -0.39 is 5.03 Å². The van der Waals surface area contributed by atoms with Crippen LogP contribution in [0.3, 0.4) is 0 Å². The smallest absolute Gasteiger partial charge is 0.266 e. The van der Waals surface area contributed by atoms with E-state index >= 15 is 0 Å². The number of guanidine groups is 1. The summed E-state index contributed by atoms with van der Waals surface area (Å²) in [6.45, 7) is 2.00. The normalized spacial score (nSPS) is 23.1. The lowest BCUT2D eigenvalue weighted by Crippen LogP contribution is -2.36. The molecule has 0 saturated carbocycles. The molecule has 0 aromatic rings. The van der Waals surface area contributed by atoms with Gasteiger partial charge in [-0.25, -0.2) is 10.1 Å². The van der Waals surface area contributed by atoms with Gasteiger partial charge in [-0.3, -0.25) is 0 Å². The Morgan fingerprint density at radius 2 is 2.62 bits per heavy atom. The number of nitrogens with one attached hydrogen (secondary N) is 1. The molecule has 1 rings (SSSR count). The van der Waals surface area contributed by atoms with E-state index in [1.165, 1.54) is 0 Å². The largest absolute Gasteiger partial charge is 0.381 e. The molecular weight excluding hydrogens is 176 g/mol. The van der Waals surface area contributed by atoms with Crippen molar-refractivity contribution in [3.05, 3.63) is 10.1 Å². The summed E-state index contributed by atoms with van der Waals surface area (Å²) in [5.41, 5.74) is 5.21. The lowest BCUT2D eigenvalue weighted by atomic mass is 10.1. The predicted molar refractivity (Wildman–Crippen MR) is 45.5 cm³/mol. The van der Waals surface area contributed by atoms with Gasteiger partial charge in [-0.1, -0.05) is 0 Å². The van der Waals surface area contributed by atoms with Crippen molar-refractivity contribution in [3.8, 4) is 0 Å². The molecule has 0 aromatic carbocycles. The zero-order valence-corrected chi connectivity index (χ0v) is 7.10. The number of hydrogen-bond acceptors (Lipinski definition) is 3. The summed E-state index contributed by atoms with van der Waals surface area (Å²) in [6, 6.07) is 0. The van der Waals surface area contributed by atoms with Crippen molar-refractivity contribution in [2.24, 2.45) is 16.8 Å². The Bertz CT molecular complexity index is 212. The van der Waals surface area contributed by atoms with Gasteiger partial charge in [0.25, 0.3) is 5.96 Å². The summed E-state index contributed by atoms with van der Waals surface area (Å²) < 4.78 is 5.12. The molecule has 0 bridgehead atoms. The third-order valence-electron chi connectivity index (χ3n) is 1.79. The van der Waals surface area contributed by atoms with Gasteiger partial charge < -0.3 is 15.8 Å². The maximum Gasteiger partial charge on any atom is 0.266 e. The van der Waals surface area contributed by atoms with Crippen molar-refractivity contribution in [1.82, 2.24) is 5.32 Å². The minimum atomic E-state index is -0.826. The number of nitrogens with zero attached hydrogens (tertiary/aromatic N) is 2. The minimum absolute atomic E-state index is 0.156. The first-order valence-electron chi connectivity index (χ1n) is 3.98. The zero-order valence-electron chi connectivity index (χ0n) is 7.10. The summed E-state index contributed by atoms with van der Waals surface area (Å²) in [5, 5.41) is 14.6. The molecule has 0 radical (unpaired) electrons. The van der Waals surface area contributed by atoms with Crippen molar-refractivity contribution in [2.45, 2.75) is 6.42 Å². The van der Waals surface area contributed by atoms with Gasteiger partial charge >= 0.3 is 0 Å². The van der Waals surface area contributed by atoms with Crippen LogP contribution in [0.5, 0.6) is 0 Å². The van der Waals surface area contributed by atoms with Crippen molar-refractivity contribution in [1.29, 1.82) is 0 Å². The Balaban J connectivity index is 2.21. The molecule has 1 fully saturated rings. The molecule has 74 valence electrons. The van der Waals surface area contributed by atoms with Crippen molar-refractivity contribution >= 4 is 5.96 Å². The number of nitrogens with two attached hydrogens (primary N) is 1. The Kier molecular flexibility index (Phi) is 3.44. The molecule has 1 saturated heterocycles. The first kappa shape index (κ1) is 9.72. The van der Waals surface area contributed by atoms with Crippen LogP contribution in [-0.4, -0.2) is 30.8 Å². The van der Waals surface area contributed by atoms with E-state index in [1.54, 1.807) is 0 Å². The van der Waals surface area contributed by atoms with E-state index in [1.807, 2.05) is 0 Å². The Hall–Kier alpha value is -1.37. The van der Waals surface area contributed by atoms with Crippen molar-refractivity contribution in [2.75, 3.05) is 19.8 Å². The highest BCUT2D eigenvalue weighted by Crippen LogP contribution is 2.10. The molecule has 0 aliphatic carbocycles. The third kappa shape index (κ3) is 3.70. The second-order valence-electron chi connectivity index (χ2n) is 2.83. The van der Waals surface area contributed by atoms with Crippen LogP contribution in [-0.2, 0) is 4.74 Å². The molecule has 1 heterocycles. The standard InChI is InChI=1S/C6H12N4O3/c7-6(9-10(11)12)8-3-5-1-2-13-4-5/h5H,1-4H2,(H3,7,8,9). The second-order valence-corrected chi connectivity index (χ2v) is 2.83. The summed E-state index contributed by atoms with van der Waals surface area (Å²) in [7, 11) is 0. The molecular formula is C6H12N4O3. The number of ether oxygens (including phenoxy) is 1. The molecule has 0 spiro atoms. The fourth-order valence-corrected chi connectivity index (χ4v) is 1.12. The van der Waals surface area contributed by atoms with Crippen LogP contribution < -0.4 is 11.1 Å². The van der Waals surface area contributed by atoms with E-state index in [4.69, 9.17) is 10.5 Å². The van der Waals surface area contributed by atoms with E-state index in [0.717, 1.165) is 13.0 Å². The Morgan fingerprint density at radius 1 is 1.85 bits per heavy atom. The number of rotatable bonds is 3. The Morgan fingerprint density at radius 3 is 3.15 bits per heavy atom. The zero-order chi connectivity index (χ0) is 9.68. The van der Waals surface area contributed by atoms with Crippen LogP contribution in [0.15, 0.2) is 5.10 Å². The van der Waals surface area contributed by atoms with E-state index in [-0.39, 0.29) is 5.96 Å². The third-order valence-corrected chi connectivity index (χ3v) is 1.79. The fraction of sp³-hybridized carbons (Fsp3) is 0.833. The first-order chi connectivity index (χ1) is 6.18. The first-order valence-corrected chi connectivity index (χ1v) is 3.98. The number of nitro groups is 1. The summed E-state index contributed by atoms with van der Waals surface area (Å²) in [6.07, 6.45) is 0.957. The minimum Gasteiger partial charge on any atom is -0.381 e. The van der Waals surface area contributed by atoms with Gasteiger partial charge in [-0.15, -0.1) is 0 Å². The summed E-state index contributed by atoms with van der Waals surface area (Å²) in [5.74, 6) is 0.220. The Labute approximate surface area is 75.1 Å². The molecule has 1 aliphatic heterocycles. The summed E-state index contributed by atoms with van der Waals surface area (Å²) >= 11 is 0. The average molecular weight is 188 g/mol. The molecule has 13 heavy (non-hydrogen) atoms. The average Bonchev–Trinajstić information content (AvgIpc) is 2.51. The van der Waals surface area contributed by atoms with Crippen molar-refractivity contribution in [3.63, 3.8) is 0 Å². The maximum atomic E-state index is 9.88. The van der Waals surface area contributed by atoms with Gasteiger partial charge in [0.15, 0.2) is 5.03 Å². The van der Waals surface area contributed by atoms with Gasteiger partial charge in [-0.05, 0) is 6.42 Å². The van der Waals surface area contributed by atoms with E-state index in [2.05, 4.69) is 10.4 Å². The summed E-state index contributed by atoms with van der Waals surface area (Å²) in [4.78, 5) is 9.88. The number of hydrogen-bond donors (Lipinski definition) is 2. The molecule has 1 unspecified atom stereocenters. The van der Waals surface area contributed by atoms with E-state index in [9.17, 15) is 10.1 Å². The molecule has 7 heteroatoms. The molecule has 3 N–H and O–H groups in total. The van der Waals surface area contributed by atoms with Crippen molar-refractivity contribution < 1.29 is 9.77 Å². The van der Waals surface area contributed by atoms with Crippen LogP contribution in [0, 0.1) is 16.0 Å². The van der Waals surface area contributed by atoms with E-state index in [0.29, 0.717) is 19.1 Å². The van der Waals surface area contributed by atoms with Crippen LogP contribution in [0.4, 0.5) is 0 Å². The molecule has 1 atom stereocenters. The predicted octanol–water partition coefficient (Wildman–Crippen LogP) is -0.881.